The van der Waals surface area contributed by atoms with E-state index in [2.05, 4.69) is 58.0 Å². The topological polar surface area (TPSA) is 58.4 Å². The molecular weight excluding hydrogens is 466 g/mol. The highest BCUT2D eigenvalue weighted by molar-refractivity contribution is 9.11. The first-order valence-electron chi connectivity index (χ1n) is 6.89. The van der Waals surface area contributed by atoms with Crippen molar-refractivity contribution >= 4 is 59.4 Å². The van der Waals surface area contributed by atoms with Crippen LogP contribution in [0.25, 0.3) is 0 Å². The first-order chi connectivity index (χ1) is 10.0. The number of benzene rings is 1. The summed E-state index contributed by atoms with van der Waals surface area (Å²) in [4.78, 5) is 14.5. The molecule has 1 aliphatic heterocycles. The Morgan fingerprint density at radius 3 is 2.57 bits per heavy atom. The van der Waals surface area contributed by atoms with Crippen molar-refractivity contribution in [2.75, 3.05) is 25.0 Å². The predicted octanol–water partition coefficient (Wildman–Crippen LogP) is 3.73. The molecule has 0 radical (unpaired) electrons. The van der Waals surface area contributed by atoms with Crippen LogP contribution in [0.3, 0.4) is 0 Å². The third-order valence-electron chi connectivity index (χ3n) is 3.64. The largest absolute Gasteiger partial charge is 0.329 e. The Bertz CT molecular complexity index is 501. The maximum atomic E-state index is 12.3. The van der Waals surface area contributed by atoms with Gasteiger partial charge in [0.25, 0.3) is 0 Å². The van der Waals surface area contributed by atoms with E-state index in [1.54, 1.807) is 0 Å². The average molecular weight is 484 g/mol. The van der Waals surface area contributed by atoms with E-state index < -0.39 is 0 Å². The highest BCUT2D eigenvalue weighted by Crippen LogP contribution is 2.34. The number of nitrogens with zero attached hydrogens (tertiary/aromatic N) is 1. The Hall–Kier alpha value is 0.0500. The molecule has 116 valence electrons. The zero-order valence-corrected chi connectivity index (χ0v) is 16.3. The molecule has 7 heteroatoms. The first kappa shape index (κ1) is 17.4. The second-order valence-corrected chi connectivity index (χ2v) is 7.77. The lowest BCUT2D eigenvalue weighted by molar-refractivity contribution is -0.118. The number of piperidine rings is 1. The highest BCUT2D eigenvalue weighted by Gasteiger charge is 2.23. The van der Waals surface area contributed by atoms with Crippen LogP contribution in [-0.4, -0.2) is 36.5 Å². The summed E-state index contributed by atoms with van der Waals surface area (Å²) in [5, 5.41) is 2.96. The van der Waals surface area contributed by atoms with Gasteiger partial charge in [0.05, 0.1) is 12.2 Å². The van der Waals surface area contributed by atoms with Gasteiger partial charge in [0.15, 0.2) is 0 Å². The van der Waals surface area contributed by atoms with E-state index in [0.717, 1.165) is 38.5 Å². The SMILES string of the molecule is NCC1CCCCN1CC(=O)Nc1c(Br)cc(Br)cc1Br. The monoisotopic (exact) mass is 481 g/mol. The number of anilines is 1. The number of carbonyl (C=O) groups excluding carboxylic acids is 1. The number of hydrogen-bond donors (Lipinski definition) is 2. The van der Waals surface area contributed by atoms with Crippen molar-refractivity contribution < 1.29 is 4.79 Å². The summed E-state index contributed by atoms with van der Waals surface area (Å²) >= 11 is 10.4. The van der Waals surface area contributed by atoms with Gasteiger partial charge in [-0.2, -0.15) is 0 Å². The molecule has 0 spiro atoms. The van der Waals surface area contributed by atoms with Gasteiger partial charge in [0.1, 0.15) is 0 Å². The van der Waals surface area contributed by atoms with Gasteiger partial charge in [-0.3, -0.25) is 9.69 Å². The molecule has 1 saturated heterocycles. The van der Waals surface area contributed by atoms with Crippen LogP contribution < -0.4 is 11.1 Å². The number of hydrogen-bond acceptors (Lipinski definition) is 3. The quantitative estimate of drug-likeness (QED) is 0.686. The highest BCUT2D eigenvalue weighted by atomic mass is 79.9. The van der Waals surface area contributed by atoms with E-state index in [-0.39, 0.29) is 5.91 Å². The van der Waals surface area contributed by atoms with Crippen molar-refractivity contribution in [2.45, 2.75) is 25.3 Å². The number of carbonyl (C=O) groups is 1. The summed E-state index contributed by atoms with van der Waals surface area (Å²) in [5.41, 5.74) is 6.55. The molecule has 1 atom stereocenters. The third-order valence-corrected chi connectivity index (χ3v) is 5.35. The molecule has 1 aromatic carbocycles. The van der Waals surface area contributed by atoms with Crippen molar-refractivity contribution in [3.05, 3.63) is 25.6 Å². The number of amides is 1. The molecule has 1 fully saturated rings. The lowest BCUT2D eigenvalue weighted by Crippen LogP contribution is -2.47. The fourth-order valence-electron chi connectivity index (χ4n) is 2.56. The molecule has 1 amide bonds. The molecule has 0 aromatic heterocycles. The molecular formula is C14H18Br3N3O. The van der Waals surface area contributed by atoms with Gasteiger partial charge >= 0.3 is 0 Å². The zero-order chi connectivity index (χ0) is 15.4. The van der Waals surface area contributed by atoms with Crippen LogP contribution in [0.15, 0.2) is 25.6 Å². The summed E-state index contributed by atoms with van der Waals surface area (Å²) in [7, 11) is 0. The van der Waals surface area contributed by atoms with E-state index in [1.807, 2.05) is 12.1 Å². The lowest BCUT2D eigenvalue weighted by atomic mass is 10.0. The van der Waals surface area contributed by atoms with Gasteiger partial charge in [-0.1, -0.05) is 22.4 Å². The fourth-order valence-corrected chi connectivity index (χ4v) is 5.02. The van der Waals surface area contributed by atoms with Crippen molar-refractivity contribution in [3.8, 4) is 0 Å². The van der Waals surface area contributed by atoms with Gasteiger partial charge < -0.3 is 11.1 Å². The lowest BCUT2D eigenvalue weighted by Gasteiger charge is -2.34. The van der Waals surface area contributed by atoms with Crippen molar-refractivity contribution in [1.29, 1.82) is 0 Å². The van der Waals surface area contributed by atoms with Crippen LogP contribution in [0.4, 0.5) is 5.69 Å². The number of nitrogens with one attached hydrogen (secondary N) is 1. The molecule has 21 heavy (non-hydrogen) atoms. The summed E-state index contributed by atoms with van der Waals surface area (Å²) < 4.78 is 2.62. The zero-order valence-electron chi connectivity index (χ0n) is 11.5. The molecule has 2 rings (SSSR count). The van der Waals surface area contributed by atoms with E-state index in [1.165, 1.54) is 6.42 Å². The van der Waals surface area contributed by atoms with Gasteiger partial charge in [-0.15, -0.1) is 0 Å². The minimum atomic E-state index is -0.0147. The normalized spacial score (nSPS) is 19.5. The number of rotatable bonds is 4. The Morgan fingerprint density at radius 1 is 1.29 bits per heavy atom. The van der Waals surface area contributed by atoms with Crippen LogP contribution >= 0.6 is 47.8 Å². The first-order valence-corrected chi connectivity index (χ1v) is 9.27. The third kappa shape index (κ3) is 4.76. The number of halogens is 3. The predicted molar refractivity (Wildman–Crippen MR) is 96.4 cm³/mol. The van der Waals surface area contributed by atoms with Gasteiger partial charge in [0.2, 0.25) is 5.91 Å². The smallest absolute Gasteiger partial charge is 0.238 e. The van der Waals surface area contributed by atoms with E-state index in [9.17, 15) is 4.79 Å². The van der Waals surface area contributed by atoms with Gasteiger partial charge in [-0.25, -0.2) is 0 Å². The van der Waals surface area contributed by atoms with Crippen LogP contribution in [0.2, 0.25) is 0 Å². The maximum absolute atomic E-state index is 12.3. The van der Waals surface area contributed by atoms with Crippen LogP contribution in [-0.2, 0) is 4.79 Å². The molecule has 4 nitrogen and oxygen atoms in total. The molecule has 1 unspecified atom stereocenters. The minimum absolute atomic E-state index is 0.0147. The molecule has 0 saturated carbocycles. The molecule has 1 aromatic rings. The van der Waals surface area contributed by atoms with Crippen LogP contribution in [0.1, 0.15) is 19.3 Å². The molecule has 3 N–H and O–H groups in total. The Morgan fingerprint density at radius 2 is 1.95 bits per heavy atom. The Labute approximate surface area is 150 Å². The van der Waals surface area contributed by atoms with Crippen molar-refractivity contribution in [2.24, 2.45) is 5.73 Å². The molecule has 0 bridgehead atoms. The Balaban J connectivity index is 2.01. The minimum Gasteiger partial charge on any atom is -0.329 e. The van der Waals surface area contributed by atoms with Crippen molar-refractivity contribution in [3.63, 3.8) is 0 Å². The maximum Gasteiger partial charge on any atom is 0.238 e. The van der Waals surface area contributed by atoms with Crippen LogP contribution in [0, 0.1) is 0 Å². The second kappa shape index (κ2) is 8.06. The molecule has 0 aliphatic carbocycles. The van der Waals surface area contributed by atoms with Crippen molar-refractivity contribution in [1.82, 2.24) is 4.90 Å². The fraction of sp³-hybridized carbons (Fsp3) is 0.500. The summed E-state index contributed by atoms with van der Waals surface area (Å²) in [6.07, 6.45) is 3.41. The Kier molecular flexibility index (Phi) is 6.68. The average Bonchev–Trinajstić information content (AvgIpc) is 2.43. The van der Waals surface area contributed by atoms with Crippen LogP contribution in [0.5, 0.6) is 0 Å². The van der Waals surface area contributed by atoms with Gasteiger partial charge in [-0.05, 0) is 63.4 Å². The standard InChI is InChI=1S/C14H18Br3N3O/c15-9-5-11(16)14(12(17)6-9)19-13(21)8-20-4-2-1-3-10(20)7-18/h5-6,10H,1-4,7-8,18H2,(H,19,21). The summed E-state index contributed by atoms with van der Waals surface area (Å²) in [5.74, 6) is -0.0147. The van der Waals surface area contributed by atoms with Gasteiger partial charge in [0, 0.05) is 26.0 Å². The van der Waals surface area contributed by atoms with E-state index in [4.69, 9.17) is 5.73 Å². The molecule has 1 aliphatic rings. The van der Waals surface area contributed by atoms with E-state index >= 15 is 0 Å². The summed E-state index contributed by atoms with van der Waals surface area (Å²) in [6, 6.07) is 4.13. The summed E-state index contributed by atoms with van der Waals surface area (Å²) in [6.45, 7) is 1.94. The molecule has 1 heterocycles. The van der Waals surface area contributed by atoms with E-state index in [0.29, 0.717) is 19.1 Å². The number of likely N-dealkylation sites (tertiary alicyclic amines) is 1. The second-order valence-electron chi connectivity index (χ2n) is 5.15. The number of nitrogens with two attached hydrogens (primary N) is 1.